The summed E-state index contributed by atoms with van der Waals surface area (Å²) in [5.41, 5.74) is 0. The van der Waals surface area contributed by atoms with Gasteiger partial charge < -0.3 is 19.9 Å². The molecule has 0 aliphatic carbocycles. The normalized spacial score (nSPS) is 11.2. The molecule has 1 heterocycles. The third-order valence-corrected chi connectivity index (χ3v) is 3.67. The first-order chi connectivity index (χ1) is 11.3. The van der Waals surface area contributed by atoms with Crippen molar-refractivity contribution in [2.45, 2.75) is 52.5 Å². The van der Waals surface area contributed by atoms with E-state index in [-0.39, 0.29) is 24.0 Å². The van der Waals surface area contributed by atoms with Crippen molar-refractivity contribution in [3.8, 4) is 0 Å². The summed E-state index contributed by atoms with van der Waals surface area (Å²) < 4.78 is 7.73. The number of nitrogens with one attached hydrogen (secondary N) is 2. The van der Waals surface area contributed by atoms with E-state index in [1.165, 1.54) is 6.42 Å². The Morgan fingerprint density at radius 2 is 1.88 bits per heavy atom. The zero-order valence-electron chi connectivity index (χ0n) is 15.4. The van der Waals surface area contributed by atoms with E-state index in [0.717, 1.165) is 70.3 Å². The lowest BCUT2D eigenvalue weighted by atomic mass is 10.3. The van der Waals surface area contributed by atoms with Crippen molar-refractivity contribution in [1.82, 2.24) is 20.2 Å². The van der Waals surface area contributed by atoms with E-state index in [1.54, 1.807) is 0 Å². The molecule has 24 heavy (non-hydrogen) atoms. The standard InChI is InChI=1S/C17H33N5O.HI/c1-4-5-14-23-15-8-10-21-17(18-3)20-9-6-7-12-22-13-11-19-16(22)2;/h11,13H,4-10,12,14-15H2,1-3H3,(H2,18,20,21);1H. The van der Waals surface area contributed by atoms with Gasteiger partial charge in [-0.3, -0.25) is 4.99 Å². The average Bonchev–Trinajstić information content (AvgIpc) is 2.97. The van der Waals surface area contributed by atoms with Crippen LogP contribution in [0.4, 0.5) is 0 Å². The van der Waals surface area contributed by atoms with Crippen LogP contribution in [0.1, 0.15) is 44.9 Å². The largest absolute Gasteiger partial charge is 0.381 e. The highest BCUT2D eigenvalue weighted by Gasteiger charge is 1.98. The molecular formula is C17H34IN5O. The molecule has 0 atom stereocenters. The number of guanidine groups is 1. The third-order valence-electron chi connectivity index (χ3n) is 3.67. The van der Waals surface area contributed by atoms with Gasteiger partial charge in [0.25, 0.3) is 0 Å². The van der Waals surface area contributed by atoms with Crippen LogP contribution >= 0.6 is 24.0 Å². The number of rotatable bonds is 12. The number of unbranched alkanes of at least 4 members (excludes halogenated alkanes) is 2. The van der Waals surface area contributed by atoms with Gasteiger partial charge >= 0.3 is 0 Å². The summed E-state index contributed by atoms with van der Waals surface area (Å²) in [7, 11) is 1.81. The zero-order valence-corrected chi connectivity index (χ0v) is 17.7. The summed E-state index contributed by atoms with van der Waals surface area (Å²) in [4.78, 5) is 8.47. The topological polar surface area (TPSA) is 63.5 Å². The first-order valence-electron chi connectivity index (χ1n) is 8.78. The van der Waals surface area contributed by atoms with Gasteiger partial charge in [-0.2, -0.15) is 0 Å². The molecule has 0 aliphatic rings. The Hall–Kier alpha value is -0.830. The molecular weight excluding hydrogens is 417 g/mol. The Bertz CT molecular complexity index is 436. The van der Waals surface area contributed by atoms with E-state index in [9.17, 15) is 0 Å². The predicted octanol–water partition coefficient (Wildman–Crippen LogP) is 2.96. The number of aliphatic imine (C=N–C) groups is 1. The minimum absolute atomic E-state index is 0. The summed E-state index contributed by atoms with van der Waals surface area (Å²) in [6, 6.07) is 0. The smallest absolute Gasteiger partial charge is 0.190 e. The maximum Gasteiger partial charge on any atom is 0.190 e. The van der Waals surface area contributed by atoms with Gasteiger partial charge in [-0.25, -0.2) is 4.98 Å². The van der Waals surface area contributed by atoms with Crippen molar-refractivity contribution in [1.29, 1.82) is 0 Å². The molecule has 0 bridgehead atoms. The predicted molar refractivity (Wildman–Crippen MR) is 111 cm³/mol. The highest BCUT2D eigenvalue weighted by atomic mass is 127. The van der Waals surface area contributed by atoms with Gasteiger partial charge in [-0.15, -0.1) is 24.0 Å². The van der Waals surface area contributed by atoms with Crippen LogP contribution in [0.25, 0.3) is 0 Å². The Morgan fingerprint density at radius 3 is 2.50 bits per heavy atom. The van der Waals surface area contributed by atoms with E-state index >= 15 is 0 Å². The second kappa shape index (κ2) is 15.7. The highest BCUT2D eigenvalue weighted by molar-refractivity contribution is 14.0. The van der Waals surface area contributed by atoms with Crippen LogP contribution in [0.5, 0.6) is 0 Å². The van der Waals surface area contributed by atoms with Gasteiger partial charge in [0, 0.05) is 52.3 Å². The Balaban J connectivity index is 0.00000529. The molecule has 140 valence electrons. The van der Waals surface area contributed by atoms with Gasteiger partial charge in [0.15, 0.2) is 5.96 Å². The van der Waals surface area contributed by atoms with Gasteiger partial charge in [0.2, 0.25) is 0 Å². The highest BCUT2D eigenvalue weighted by Crippen LogP contribution is 1.99. The first kappa shape index (κ1) is 23.2. The van der Waals surface area contributed by atoms with Crippen molar-refractivity contribution < 1.29 is 4.74 Å². The monoisotopic (exact) mass is 451 g/mol. The number of aryl methyl sites for hydroxylation is 2. The second-order valence-corrected chi connectivity index (χ2v) is 5.62. The van der Waals surface area contributed by atoms with E-state index in [1.807, 2.05) is 26.4 Å². The number of halogens is 1. The molecule has 6 nitrogen and oxygen atoms in total. The lowest BCUT2D eigenvalue weighted by Crippen LogP contribution is -2.38. The Kier molecular flexibility index (Phi) is 15.1. The summed E-state index contributed by atoms with van der Waals surface area (Å²) in [5.74, 6) is 1.95. The summed E-state index contributed by atoms with van der Waals surface area (Å²) in [5, 5.41) is 6.67. The summed E-state index contributed by atoms with van der Waals surface area (Å²) in [6.45, 7) is 8.75. The molecule has 7 heteroatoms. The summed E-state index contributed by atoms with van der Waals surface area (Å²) in [6.07, 6.45) is 9.47. The molecule has 1 aromatic rings. The lowest BCUT2D eigenvalue weighted by Gasteiger charge is -2.12. The molecule has 0 saturated carbocycles. The molecule has 0 radical (unpaired) electrons. The van der Waals surface area contributed by atoms with Crippen molar-refractivity contribution in [2.75, 3.05) is 33.4 Å². The van der Waals surface area contributed by atoms with Crippen LogP contribution in [0.2, 0.25) is 0 Å². The molecule has 0 unspecified atom stereocenters. The van der Waals surface area contributed by atoms with Crippen LogP contribution in [0.15, 0.2) is 17.4 Å². The van der Waals surface area contributed by atoms with Crippen LogP contribution in [0, 0.1) is 6.92 Å². The van der Waals surface area contributed by atoms with Gasteiger partial charge in [-0.05, 0) is 32.6 Å². The van der Waals surface area contributed by atoms with Gasteiger partial charge in [0.05, 0.1) is 0 Å². The van der Waals surface area contributed by atoms with Gasteiger partial charge in [-0.1, -0.05) is 13.3 Å². The van der Waals surface area contributed by atoms with E-state index in [0.29, 0.717) is 0 Å². The third kappa shape index (κ3) is 10.9. The number of aromatic nitrogens is 2. The summed E-state index contributed by atoms with van der Waals surface area (Å²) >= 11 is 0. The molecule has 0 spiro atoms. The van der Waals surface area contributed by atoms with Crippen molar-refractivity contribution in [2.24, 2.45) is 4.99 Å². The van der Waals surface area contributed by atoms with Crippen molar-refractivity contribution in [3.05, 3.63) is 18.2 Å². The molecule has 2 N–H and O–H groups in total. The van der Waals surface area contributed by atoms with Crippen molar-refractivity contribution >= 4 is 29.9 Å². The maximum absolute atomic E-state index is 5.54. The molecule has 0 saturated heterocycles. The molecule has 1 rings (SSSR count). The fourth-order valence-electron chi connectivity index (χ4n) is 2.20. The van der Waals surface area contributed by atoms with E-state index in [2.05, 4.69) is 32.1 Å². The number of hydrogen-bond donors (Lipinski definition) is 2. The Morgan fingerprint density at radius 1 is 1.17 bits per heavy atom. The quantitative estimate of drug-likeness (QED) is 0.222. The van der Waals surface area contributed by atoms with Crippen LogP contribution in [-0.4, -0.2) is 48.9 Å². The number of imidazole rings is 1. The number of nitrogens with zero attached hydrogens (tertiary/aromatic N) is 3. The average molecular weight is 451 g/mol. The van der Waals surface area contributed by atoms with E-state index < -0.39 is 0 Å². The fourth-order valence-corrected chi connectivity index (χ4v) is 2.20. The zero-order chi connectivity index (χ0) is 16.8. The van der Waals surface area contributed by atoms with E-state index in [4.69, 9.17) is 4.74 Å². The maximum atomic E-state index is 5.54. The molecule has 0 fully saturated rings. The van der Waals surface area contributed by atoms with Crippen LogP contribution in [-0.2, 0) is 11.3 Å². The lowest BCUT2D eigenvalue weighted by molar-refractivity contribution is 0.129. The minimum Gasteiger partial charge on any atom is -0.381 e. The molecule has 1 aromatic heterocycles. The number of ether oxygens (including phenoxy) is 1. The molecule has 0 amide bonds. The molecule has 0 aromatic carbocycles. The first-order valence-corrected chi connectivity index (χ1v) is 8.78. The van der Waals surface area contributed by atoms with Crippen LogP contribution in [0.3, 0.4) is 0 Å². The van der Waals surface area contributed by atoms with Crippen molar-refractivity contribution in [3.63, 3.8) is 0 Å². The second-order valence-electron chi connectivity index (χ2n) is 5.62. The van der Waals surface area contributed by atoms with Crippen LogP contribution < -0.4 is 10.6 Å². The SMILES string of the molecule is CCCCOCCCNC(=NC)NCCCCn1ccnc1C.I. The molecule has 0 aliphatic heterocycles. The number of hydrogen-bond acceptors (Lipinski definition) is 3. The van der Waals surface area contributed by atoms with Gasteiger partial charge in [0.1, 0.15) is 5.82 Å². The Labute approximate surface area is 163 Å². The fraction of sp³-hybridized carbons (Fsp3) is 0.765. The minimum atomic E-state index is 0.